The van der Waals surface area contributed by atoms with Gasteiger partial charge in [0.15, 0.2) is 0 Å². The number of amides is 1. The highest BCUT2D eigenvalue weighted by Gasteiger charge is 2.12. The largest absolute Gasteiger partial charge is 0.478 e. The van der Waals surface area contributed by atoms with E-state index < -0.39 is 5.97 Å². The highest BCUT2D eigenvalue weighted by molar-refractivity contribution is 6.30. The van der Waals surface area contributed by atoms with Crippen LogP contribution in [0.1, 0.15) is 20.7 Å². The van der Waals surface area contributed by atoms with E-state index in [0.29, 0.717) is 10.7 Å². The van der Waals surface area contributed by atoms with E-state index in [-0.39, 0.29) is 22.7 Å². The number of hydrogen-bond acceptors (Lipinski definition) is 3. The minimum absolute atomic E-state index is 0.0342. The van der Waals surface area contributed by atoms with Gasteiger partial charge in [-0.1, -0.05) is 11.6 Å². The maximum atomic E-state index is 12.0. The molecule has 0 aliphatic heterocycles. The number of hydrogen-bond donors (Lipinski definition) is 3. The molecule has 102 valence electrons. The highest BCUT2D eigenvalue weighted by atomic mass is 35.5. The topological polar surface area (TPSA) is 92.4 Å². The van der Waals surface area contributed by atoms with E-state index >= 15 is 0 Å². The zero-order chi connectivity index (χ0) is 14.7. The van der Waals surface area contributed by atoms with Crippen LogP contribution in [0.25, 0.3) is 0 Å². The van der Waals surface area contributed by atoms with Crippen molar-refractivity contribution in [1.82, 2.24) is 0 Å². The Bertz CT molecular complexity index is 669. The van der Waals surface area contributed by atoms with Gasteiger partial charge in [-0.3, -0.25) is 4.79 Å². The number of anilines is 2. The lowest BCUT2D eigenvalue weighted by Gasteiger charge is -2.07. The first kappa shape index (κ1) is 13.9. The summed E-state index contributed by atoms with van der Waals surface area (Å²) in [6, 6.07) is 10.7. The molecule has 0 atom stereocenters. The zero-order valence-electron chi connectivity index (χ0n) is 10.3. The van der Waals surface area contributed by atoms with Gasteiger partial charge in [0.25, 0.3) is 5.91 Å². The second-order valence-electron chi connectivity index (χ2n) is 4.07. The van der Waals surface area contributed by atoms with Crippen molar-refractivity contribution in [3.05, 3.63) is 58.6 Å². The molecule has 6 heteroatoms. The minimum atomic E-state index is -1.13. The first-order valence-corrected chi connectivity index (χ1v) is 6.05. The summed E-state index contributed by atoms with van der Waals surface area (Å²) in [5.41, 5.74) is 6.47. The summed E-state index contributed by atoms with van der Waals surface area (Å²) in [4.78, 5) is 22.8. The molecule has 5 nitrogen and oxygen atoms in total. The summed E-state index contributed by atoms with van der Waals surface area (Å²) in [7, 11) is 0. The third-order valence-electron chi connectivity index (χ3n) is 2.65. The molecule has 2 aromatic rings. The van der Waals surface area contributed by atoms with E-state index in [1.165, 1.54) is 18.2 Å². The Morgan fingerprint density at radius 3 is 2.30 bits per heavy atom. The number of nitrogens with two attached hydrogens (primary N) is 1. The normalized spacial score (nSPS) is 10.1. The van der Waals surface area contributed by atoms with Crippen molar-refractivity contribution in [2.24, 2.45) is 0 Å². The number of nitrogen functional groups attached to an aromatic ring is 1. The summed E-state index contributed by atoms with van der Waals surface area (Å²) in [5.74, 6) is -1.51. The standard InChI is InChI=1S/C14H11ClN2O3/c15-9-2-4-10(5-3-9)17-13(18)8-1-6-11(14(19)20)12(16)7-8/h1-7H,16H2,(H,17,18)(H,19,20). The van der Waals surface area contributed by atoms with Gasteiger partial charge in [0.05, 0.1) is 5.56 Å². The third kappa shape index (κ3) is 3.07. The molecule has 0 spiro atoms. The number of carbonyl (C=O) groups is 2. The lowest BCUT2D eigenvalue weighted by Crippen LogP contribution is -2.13. The quantitative estimate of drug-likeness (QED) is 0.758. The van der Waals surface area contributed by atoms with Crippen LogP contribution in [0.3, 0.4) is 0 Å². The fourth-order valence-corrected chi connectivity index (χ4v) is 1.76. The molecule has 4 N–H and O–H groups in total. The van der Waals surface area contributed by atoms with Gasteiger partial charge in [-0.2, -0.15) is 0 Å². The third-order valence-corrected chi connectivity index (χ3v) is 2.90. The molecular formula is C14H11ClN2O3. The molecule has 0 saturated heterocycles. The Kier molecular flexibility index (Phi) is 3.91. The smallest absolute Gasteiger partial charge is 0.337 e. The predicted molar refractivity (Wildman–Crippen MR) is 77.2 cm³/mol. The number of rotatable bonds is 3. The summed E-state index contributed by atoms with van der Waals surface area (Å²) >= 11 is 5.75. The SMILES string of the molecule is Nc1cc(C(=O)Nc2ccc(Cl)cc2)ccc1C(=O)O. The first-order chi connectivity index (χ1) is 9.47. The summed E-state index contributed by atoms with van der Waals surface area (Å²) < 4.78 is 0. The van der Waals surface area contributed by atoms with Gasteiger partial charge in [0, 0.05) is 22.0 Å². The molecule has 1 amide bonds. The second kappa shape index (κ2) is 5.63. The molecule has 0 unspecified atom stereocenters. The monoisotopic (exact) mass is 290 g/mol. The number of benzene rings is 2. The summed E-state index contributed by atoms with van der Waals surface area (Å²) in [5, 5.41) is 12.1. The molecule has 0 aromatic heterocycles. The first-order valence-electron chi connectivity index (χ1n) is 5.67. The summed E-state index contributed by atoms with van der Waals surface area (Å²) in [6.07, 6.45) is 0. The molecule has 0 fully saturated rings. The lowest BCUT2D eigenvalue weighted by atomic mass is 10.1. The van der Waals surface area contributed by atoms with E-state index in [1.807, 2.05) is 0 Å². The minimum Gasteiger partial charge on any atom is -0.478 e. The highest BCUT2D eigenvalue weighted by Crippen LogP contribution is 2.17. The van der Waals surface area contributed by atoms with E-state index in [0.717, 1.165) is 0 Å². The Morgan fingerprint density at radius 2 is 1.75 bits per heavy atom. The van der Waals surface area contributed by atoms with Crippen molar-refractivity contribution < 1.29 is 14.7 Å². The van der Waals surface area contributed by atoms with Crippen LogP contribution in [0.15, 0.2) is 42.5 Å². The zero-order valence-corrected chi connectivity index (χ0v) is 11.0. The van der Waals surface area contributed by atoms with Gasteiger partial charge >= 0.3 is 5.97 Å². The molecular weight excluding hydrogens is 280 g/mol. The maximum Gasteiger partial charge on any atom is 0.337 e. The number of halogens is 1. The van der Waals surface area contributed by atoms with Gasteiger partial charge in [-0.25, -0.2) is 4.79 Å². The van der Waals surface area contributed by atoms with Gasteiger partial charge in [0.2, 0.25) is 0 Å². The number of carboxylic acids is 1. The molecule has 0 radical (unpaired) electrons. The lowest BCUT2D eigenvalue weighted by molar-refractivity contribution is 0.0697. The van der Waals surface area contributed by atoms with E-state index in [2.05, 4.69) is 5.32 Å². The number of aromatic carboxylic acids is 1. The van der Waals surface area contributed by atoms with Crippen LogP contribution in [0, 0.1) is 0 Å². The van der Waals surface area contributed by atoms with Crippen LogP contribution >= 0.6 is 11.6 Å². The number of carbonyl (C=O) groups excluding carboxylic acids is 1. The molecule has 20 heavy (non-hydrogen) atoms. The van der Waals surface area contributed by atoms with Gasteiger partial charge < -0.3 is 16.2 Å². The molecule has 0 saturated carbocycles. The number of nitrogens with one attached hydrogen (secondary N) is 1. The van der Waals surface area contributed by atoms with Gasteiger partial charge in [-0.15, -0.1) is 0 Å². The fourth-order valence-electron chi connectivity index (χ4n) is 1.64. The average molecular weight is 291 g/mol. The van der Waals surface area contributed by atoms with Crippen LogP contribution in [-0.2, 0) is 0 Å². The molecule has 0 bridgehead atoms. The van der Waals surface area contributed by atoms with Crippen molar-refractivity contribution in [3.8, 4) is 0 Å². The van der Waals surface area contributed by atoms with Crippen LogP contribution in [0.4, 0.5) is 11.4 Å². The van der Waals surface area contributed by atoms with Crippen molar-refractivity contribution in [1.29, 1.82) is 0 Å². The van der Waals surface area contributed by atoms with Crippen LogP contribution in [0.2, 0.25) is 5.02 Å². The maximum absolute atomic E-state index is 12.0. The predicted octanol–water partition coefficient (Wildman–Crippen LogP) is 2.87. The van der Waals surface area contributed by atoms with Crippen molar-refractivity contribution >= 4 is 34.9 Å². The Labute approximate surface area is 120 Å². The Balaban J connectivity index is 2.19. The summed E-state index contributed by atoms with van der Waals surface area (Å²) in [6.45, 7) is 0. The van der Waals surface area contributed by atoms with Crippen molar-refractivity contribution in [3.63, 3.8) is 0 Å². The number of carboxylic acid groups (broad SMARTS) is 1. The molecule has 2 rings (SSSR count). The van der Waals surface area contributed by atoms with Crippen molar-refractivity contribution in [2.45, 2.75) is 0 Å². The fraction of sp³-hybridized carbons (Fsp3) is 0. The van der Waals surface area contributed by atoms with E-state index in [9.17, 15) is 9.59 Å². The molecule has 0 heterocycles. The molecule has 0 aliphatic carbocycles. The van der Waals surface area contributed by atoms with E-state index in [1.54, 1.807) is 24.3 Å². The van der Waals surface area contributed by atoms with E-state index in [4.69, 9.17) is 22.4 Å². The Morgan fingerprint density at radius 1 is 1.10 bits per heavy atom. The van der Waals surface area contributed by atoms with Crippen LogP contribution in [0.5, 0.6) is 0 Å². The van der Waals surface area contributed by atoms with Crippen molar-refractivity contribution in [2.75, 3.05) is 11.1 Å². The van der Waals surface area contributed by atoms with Gasteiger partial charge in [-0.05, 0) is 42.5 Å². The second-order valence-corrected chi connectivity index (χ2v) is 4.50. The van der Waals surface area contributed by atoms with Crippen LogP contribution < -0.4 is 11.1 Å². The average Bonchev–Trinajstić information content (AvgIpc) is 2.40. The Hall–Kier alpha value is -2.53. The van der Waals surface area contributed by atoms with Crippen LogP contribution in [-0.4, -0.2) is 17.0 Å². The molecule has 2 aromatic carbocycles. The van der Waals surface area contributed by atoms with Gasteiger partial charge in [0.1, 0.15) is 0 Å². The molecule has 0 aliphatic rings.